The molecule has 0 bridgehead atoms. The molecule has 2 aromatic rings. The number of aromatic nitrogens is 3. The van der Waals surface area contributed by atoms with E-state index in [1.54, 1.807) is 4.57 Å². The van der Waals surface area contributed by atoms with Gasteiger partial charge in [-0.05, 0) is 45.9 Å². The molecule has 0 aliphatic heterocycles. The topological polar surface area (TPSA) is 86.1 Å². The maximum Gasteiger partial charge on any atom is 0.416 e. The van der Waals surface area contributed by atoms with E-state index in [0.29, 0.717) is 18.4 Å². The summed E-state index contributed by atoms with van der Waals surface area (Å²) in [6.07, 6.45) is -4.78. The second-order valence-electron chi connectivity index (χ2n) is 6.12. The number of nitrogens with zero attached hydrogens (tertiary/aromatic N) is 3. The van der Waals surface area contributed by atoms with Crippen LogP contribution in [0.15, 0.2) is 29.2 Å². The van der Waals surface area contributed by atoms with Gasteiger partial charge in [0.2, 0.25) is 10.0 Å². The van der Waals surface area contributed by atoms with Gasteiger partial charge in [-0.2, -0.15) is 13.2 Å². The summed E-state index contributed by atoms with van der Waals surface area (Å²) in [6, 6.07) is 2.96. The predicted octanol–water partition coefficient (Wildman–Crippen LogP) is 3.14. The average molecular weight is 406 g/mol. The molecule has 0 aliphatic carbocycles. The van der Waals surface area contributed by atoms with E-state index in [-0.39, 0.29) is 12.1 Å². The largest absolute Gasteiger partial charge is 0.461 e. The molecule has 27 heavy (non-hydrogen) atoms. The van der Waals surface area contributed by atoms with E-state index < -0.39 is 32.7 Å². The lowest BCUT2D eigenvalue weighted by molar-refractivity contribution is -0.137. The molecule has 0 unspecified atom stereocenters. The minimum atomic E-state index is -4.64. The van der Waals surface area contributed by atoms with Gasteiger partial charge in [0.25, 0.3) is 0 Å². The zero-order valence-corrected chi connectivity index (χ0v) is 16.1. The highest BCUT2D eigenvalue weighted by Gasteiger charge is 2.32. The van der Waals surface area contributed by atoms with Gasteiger partial charge in [0.1, 0.15) is 0 Å². The van der Waals surface area contributed by atoms with Crippen LogP contribution in [-0.4, -0.2) is 29.3 Å². The SMILES string of the molecule is CCn1c(OC(C)C)nnc1[C@@H](C)NS(=O)(=O)c1cccc(C(F)(F)F)c1. The van der Waals surface area contributed by atoms with Crippen molar-refractivity contribution in [2.75, 3.05) is 0 Å². The zero-order valence-electron chi connectivity index (χ0n) is 15.3. The second-order valence-corrected chi connectivity index (χ2v) is 7.83. The normalized spacial score (nSPS) is 13.8. The fraction of sp³-hybridized carbons (Fsp3) is 0.500. The molecule has 1 aromatic carbocycles. The average Bonchev–Trinajstić information content (AvgIpc) is 2.95. The molecule has 0 saturated heterocycles. The summed E-state index contributed by atoms with van der Waals surface area (Å²) in [5.41, 5.74) is -1.04. The molecule has 0 amide bonds. The molecule has 1 heterocycles. The molecule has 0 radical (unpaired) electrons. The van der Waals surface area contributed by atoms with Gasteiger partial charge < -0.3 is 4.74 Å². The number of sulfonamides is 1. The number of nitrogens with one attached hydrogen (secondary N) is 1. The van der Waals surface area contributed by atoms with Crippen LogP contribution >= 0.6 is 0 Å². The van der Waals surface area contributed by atoms with Crippen molar-refractivity contribution in [1.82, 2.24) is 19.5 Å². The number of hydrogen-bond donors (Lipinski definition) is 1. The van der Waals surface area contributed by atoms with Gasteiger partial charge in [-0.3, -0.25) is 4.57 Å². The molecule has 0 saturated carbocycles. The maximum absolute atomic E-state index is 12.8. The Morgan fingerprint density at radius 1 is 1.22 bits per heavy atom. The van der Waals surface area contributed by atoms with Crippen LogP contribution in [0.3, 0.4) is 0 Å². The Morgan fingerprint density at radius 3 is 2.44 bits per heavy atom. The fourth-order valence-corrected chi connectivity index (χ4v) is 3.66. The van der Waals surface area contributed by atoms with Crippen LogP contribution in [0.2, 0.25) is 0 Å². The van der Waals surface area contributed by atoms with Gasteiger partial charge in [0.15, 0.2) is 5.82 Å². The van der Waals surface area contributed by atoms with E-state index in [9.17, 15) is 21.6 Å². The van der Waals surface area contributed by atoms with E-state index in [1.165, 1.54) is 6.92 Å². The lowest BCUT2D eigenvalue weighted by Crippen LogP contribution is -2.29. The Morgan fingerprint density at radius 2 is 1.89 bits per heavy atom. The molecular weight excluding hydrogens is 385 g/mol. The van der Waals surface area contributed by atoms with E-state index in [4.69, 9.17) is 4.74 Å². The third-order valence-electron chi connectivity index (χ3n) is 3.59. The maximum atomic E-state index is 12.8. The van der Waals surface area contributed by atoms with Crippen LogP contribution in [0.4, 0.5) is 13.2 Å². The molecule has 2 rings (SSSR count). The highest BCUT2D eigenvalue weighted by molar-refractivity contribution is 7.89. The first-order valence-electron chi connectivity index (χ1n) is 8.25. The van der Waals surface area contributed by atoms with Crippen molar-refractivity contribution in [2.45, 2.75) is 57.5 Å². The van der Waals surface area contributed by atoms with Crippen molar-refractivity contribution >= 4 is 10.0 Å². The molecule has 1 N–H and O–H groups in total. The summed E-state index contributed by atoms with van der Waals surface area (Å²) >= 11 is 0. The van der Waals surface area contributed by atoms with Gasteiger partial charge in [0, 0.05) is 6.54 Å². The number of rotatable bonds is 7. The quantitative estimate of drug-likeness (QED) is 0.763. The number of hydrogen-bond acceptors (Lipinski definition) is 5. The van der Waals surface area contributed by atoms with Crippen LogP contribution in [0.5, 0.6) is 6.01 Å². The summed E-state index contributed by atoms with van der Waals surface area (Å²) in [5, 5.41) is 7.86. The molecule has 0 fully saturated rings. The molecule has 150 valence electrons. The van der Waals surface area contributed by atoms with E-state index in [2.05, 4.69) is 14.9 Å². The number of ether oxygens (including phenoxy) is 1. The molecule has 1 atom stereocenters. The number of alkyl halides is 3. The van der Waals surface area contributed by atoms with E-state index >= 15 is 0 Å². The smallest absolute Gasteiger partial charge is 0.416 e. The molecule has 1 aromatic heterocycles. The van der Waals surface area contributed by atoms with Crippen LogP contribution in [-0.2, 0) is 22.7 Å². The summed E-state index contributed by atoms with van der Waals surface area (Å²) < 4.78 is 73.0. The predicted molar refractivity (Wildman–Crippen MR) is 91.6 cm³/mol. The summed E-state index contributed by atoms with van der Waals surface area (Å²) in [4.78, 5) is -0.481. The summed E-state index contributed by atoms with van der Waals surface area (Å²) in [6.45, 7) is 7.40. The van der Waals surface area contributed by atoms with E-state index in [1.807, 2.05) is 20.8 Å². The Bertz CT molecular complexity index is 895. The van der Waals surface area contributed by atoms with E-state index in [0.717, 1.165) is 18.2 Å². The highest BCUT2D eigenvalue weighted by atomic mass is 32.2. The van der Waals surface area contributed by atoms with Gasteiger partial charge in [0.05, 0.1) is 22.6 Å². The Hall–Kier alpha value is -2.14. The van der Waals surface area contributed by atoms with Gasteiger partial charge in [-0.1, -0.05) is 11.2 Å². The van der Waals surface area contributed by atoms with Crippen molar-refractivity contribution in [3.05, 3.63) is 35.7 Å². The van der Waals surface area contributed by atoms with Crippen LogP contribution < -0.4 is 9.46 Å². The van der Waals surface area contributed by atoms with Crippen LogP contribution in [0, 0.1) is 0 Å². The lowest BCUT2D eigenvalue weighted by Gasteiger charge is -2.16. The number of halogens is 3. The molecule has 0 aliphatic rings. The standard InChI is InChI=1S/C16H21F3N4O3S/c1-5-23-14(20-21-15(23)26-10(2)3)11(4)22-27(24,25)13-8-6-7-12(9-13)16(17,18)19/h6-11,22H,5H2,1-4H3/t11-/m1/s1. The molecule has 11 heteroatoms. The minimum absolute atomic E-state index is 0.149. The monoisotopic (exact) mass is 406 g/mol. The van der Waals surface area contributed by atoms with Crippen LogP contribution in [0.25, 0.3) is 0 Å². The molecular formula is C16H21F3N4O3S. The van der Waals surface area contributed by atoms with Gasteiger partial charge >= 0.3 is 12.2 Å². The van der Waals surface area contributed by atoms with Crippen molar-refractivity contribution in [3.8, 4) is 6.01 Å². The number of benzene rings is 1. The fourth-order valence-electron chi connectivity index (χ4n) is 2.41. The third kappa shape index (κ3) is 4.98. The van der Waals surface area contributed by atoms with Crippen molar-refractivity contribution in [3.63, 3.8) is 0 Å². The minimum Gasteiger partial charge on any atom is -0.461 e. The Labute approximate surface area is 155 Å². The van der Waals surface area contributed by atoms with Crippen molar-refractivity contribution < 1.29 is 26.3 Å². The summed E-state index contributed by atoms with van der Waals surface area (Å²) in [7, 11) is -4.20. The first-order chi connectivity index (χ1) is 12.5. The van der Waals surface area contributed by atoms with Crippen LogP contribution in [0.1, 0.15) is 45.1 Å². The zero-order chi connectivity index (χ0) is 20.4. The second kappa shape index (κ2) is 7.85. The Kier molecular flexibility index (Phi) is 6.15. The molecule has 7 nitrogen and oxygen atoms in total. The lowest BCUT2D eigenvalue weighted by atomic mass is 10.2. The van der Waals surface area contributed by atoms with Gasteiger partial charge in [-0.25, -0.2) is 13.1 Å². The Balaban J connectivity index is 2.30. The summed E-state index contributed by atoms with van der Waals surface area (Å²) in [5.74, 6) is 0.295. The molecule has 0 spiro atoms. The van der Waals surface area contributed by atoms with Gasteiger partial charge in [-0.15, -0.1) is 5.10 Å². The van der Waals surface area contributed by atoms with Crippen molar-refractivity contribution in [2.24, 2.45) is 0 Å². The first kappa shape index (κ1) is 21.2. The highest BCUT2D eigenvalue weighted by Crippen LogP contribution is 2.30. The third-order valence-corrected chi connectivity index (χ3v) is 5.13. The van der Waals surface area contributed by atoms with Crippen molar-refractivity contribution in [1.29, 1.82) is 0 Å². The first-order valence-corrected chi connectivity index (χ1v) is 9.73.